The standard InChI is InChI=1S/C12H19NO2/c1-9(2)15-12-6-4-3-5-10(12)11(13)7-8-14/h3-6,9,11,14H,7-8,13H2,1-2H3. The molecule has 0 radical (unpaired) electrons. The van der Waals surface area contributed by atoms with Gasteiger partial charge in [0.05, 0.1) is 6.10 Å². The first-order chi connectivity index (χ1) is 7.15. The van der Waals surface area contributed by atoms with Crippen LogP contribution in [-0.4, -0.2) is 17.8 Å². The fourth-order valence-electron chi connectivity index (χ4n) is 1.44. The van der Waals surface area contributed by atoms with Crippen molar-refractivity contribution in [3.05, 3.63) is 29.8 Å². The van der Waals surface area contributed by atoms with Crippen LogP contribution < -0.4 is 10.5 Å². The van der Waals surface area contributed by atoms with Crippen molar-refractivity contribution in [3.63, 3.8) is 0 Å². The van der Waals surface area contributed by atoms with E-state index in [1.54, 1.807) is 0 Å². The number of para-hydroxylation sites is 1. The van der Waals surface area contributed by atoms with Crippen molar-refractivity contribution < 1.29 is 9.84 Å². The van der Waals surface area contributed by atoms with Gasteiger partial charge >= 0.3 is 0 Å². The summed E-state index contributed by atoms with van der Waals surface area (Å²) in [6.45, 7) is 4.06. The molecule has 15 heavy (non-hydrogen) atoms. The molecule has 3 nitrogen and oxygen atoms in total. The van der Waals surface area contributed by atoms with E-state index in [0.717, 1.165) is 11.3 Å². The van der Waals surface area contributed by atoms with Crippen LogP contribution in [0.5, 0.6) is 5.75 Å². The van der Waals surface area contributed by atoms with E-state index in [9.17, 15) is 0 Å². The number of benzene rings is 1. The van der Waals surface area contributed by atoms with Crippen LogP contribution in [-0.2, 0) is 0 Å². The first-order valence-corrected chi connectivity index (χ1v) is 5.27. The molecule has 1 atom stereocenters. The Morgan fingerprint density at radius 2 is 2.00 bits per heavy atom. The van der Waals surface area contributed by atoms with Gasteiger partial charge in [0.25, 0.3) is 0 Å². The molecule has 0 fully saturated rings. The van der Waals surface area contributed by atoms with Crippen LogP contribution in [0, 0.1) is 0 Å². The van der Waals surface area contributed by atoms with Gasteiger partial charge in [-0.15, -0.1) is 0 Å². The summed E-state index contributed by atoms with van der Waals surface area (Å²) in [5, 5.41) is 8.85. The Kier molecular flexibility index (Phi) is 4.59. The summed E-state index contributed by atoms with van der Waals surface area (Å²) in [7, 11) is 0. The van der Waals surface area contributed by atoms with Crippen LogP contribution in [0.4, 0.5) is 0 Å². The fraction of sp³-hybridized carbons (Fsp3) is 0.500. The van der Waals surface area contributed by atoms with Gasteiger partial charge < -0.3 is 15.6 Å². The predicted molar refractivity (Wildman–Crippen MR) is 60.8 cm³/mol. The molecule has 3 N–H and O–H groups in total. The summed E-state index contributed by atoms with van der Waals surface area (Å²) < 4.78 is 5.65. The summed E-state index contributed by atoms with van der Waals surface area (Å²) in [4.78, 5) is 0. The van der Waals surface area contributed by atoms with E-state index in [4.69, 9.17) is 15.6 Å². The smallest absolute Gasteiger partial charge is 0.124 e. The van der Waals surface area contributed by atoms with Crippen LogP contribution in [0.25, 0.3) is 0 Å². The lowest BCUT2D eigenvalue weighted by atomic mass is 10.0. The molecule has 1 unspecified atom stereocenters. The quantitative estimate of drug-likeness (QED) is 0.778. The molecule has 0 amide bonds. The molecule has 0 saturated heterocycles. The highest BCUT2D eigenvalue weighted by atomic mass is 16.5. The van der Waals surface area contributed by atoms with Gasteiger partial charge in [-0.05, 0) is 26.3 Å². The molecule has 0 aliphatic rings. The van der Waals surface area contributed by atoms with Crippen molar-refractivity contribution in [2.75, 3.05) is 6.61 Å². The molecular formula is C12H19NO2. The highest BCUT2D eigenvalue weighted by Crippen LogP contribution is 2.26. The number of ether oxygens (including phenoxy) is 1. The lowest BCUT2D eigenvalue weighted by Crippen LogP contribution is -2.15. The maximum absolute atomic E-state index is 8.85. The second-order valence-electron chi connectivity index (χ2n) is 3.82. The zero-order valence-electron chi connectivity index (χ0n) is 9.31. The normalized spacial score (nSPS) is 12.9. The molecule has 0 heterocycles. The molecule has 1 aromatic rings. The monoisotopic (exact) mass is 209 g/mol. The molecule has 84 valence electrons. The van der Waals surface area contributed by atoms with Gasteiger partial charge in [0.1, 0.15) is 5.75 Å². The summed E-state index contributed by atoms with van der Waals surface area (Å²) in [6.07, 6.45) is 0.686. The molecule has 0 aromatic heterocycles. The lowest BCUT2D eigenvalue weighted by molar-refractivity contribution is 0.235. The SMILES string of the molecule is CC(C)Oc1ccccc1C(N)CCO. The summed E-state index contributed by atoms with van der Waals surface area (Å²) >= 11 is 0. The molecule has 1 aromatic carbocycles. The van der Waals surface area contributed by atoms with Crippen molar-refractivity contribution in [3.8, 4) is 5.75 Å². The van der Waals surface area contributed by atoms with Crippen LogP contribution in [0.15, 0.2) is 24.3 Å². The molecule has 0 saturated carbocycles. The second kappa shape index (κ2) is 5.73. The Hall–Kier alpha value is -1.06. The number of hydrogen-bond donors (Lipinski definition) is 2. The van der Waals surface area contributed by atoms with Gasteiger partial charge in [-0.25, -0.2) is 0 Å². The summed E-state index contributed by atoms with van der Waals surface area (Å²) in [5.41, 5.74) is 6.90. The topological polar surface area (TPSA) is 55.5 Å². The number of aliphatic hydroxyl groups excluding tert-OH is 1. The molecule has 0 bridgehead atoms. The minimum absolute atomic E-state index is 0.0944. The average Bonchev–Trinajstić information content (AvgIpc) is 2.18. The first kappa shape index (κ1) is 12.0. The zero-order chi connectivity index (χ0) is 11.3. The fourth-order valence-corrected chi connectivity index (χ4v) is 1.44. The summed E-state index contributed by atoms with van der Waals surface area (Å²) in [5.74, 6) is 0.813. The Morgan fingerprint density at radius 3 is 2.60 bits per heavy atom. The largest absolute Gasteiger partial charge is 0.491 e. The predicted octanol–water partition coefficient (Wildman–Crippen LogP) is 1.86. The van der Waals surface area contributed by atoms with Crippen molar-refractivity contribution in [1.29, 1.82) is 0 Å². The maximum atomic E-state index is 8.85. The van der Waals surface area contributed by atoms with E-state index in [0.29, 0.717) is 6.42 Å². The highest BCUT2D eigenvalue weighted by molar-refractivity contribution is 5.35. The van der Waals surface area contributed by atoms with E-state index in [-0.39, 0.29) is 18.8 Å². The van der Waals surface area contributed by atoms with Gasteiger partial charge in [-0.2, -0.15) is 0 Å². The molecular weight excluding hydrogens is 190 g/mol. The molecule has 1 rings (SSSR count). The van der Waals surface area contributed by atoms with E-state index < -0.39 is 0 Å². The van der Waals surface area contributed by atoms with Crippen molar-refractivity contribution in [2.45, 2.75) is 32.4 Å². The van der Waals surface area contributed by atoms with E-state index in [1.807, 2.05) is 38.1 Å². The van der Waals surface area contributed by atoms with E-state index in [2.05, 4.69) is 0 Å². The second-order valence-corrected chi connectivity index (χ2v) is 3.82. The third-order valence-electron chi connectivity index (χ3n) is 2.12. The van der Waals surface area contributed by atoms with Crippen LogP contribution in [0.1, 0.15) is 31.9 Å². The minimum Gasteiger partial charge on any atom is -0.491 e. The van der Waals surface area contributed by atoms with Crippen molar-refractivity contribution >= 4 is 0 Å². The Labute approximate surface area is 90.9 Å². The first-order valence-electron chi connectivity index (χ1n) is 5.27. The number of rotatable bonds is 5. The molecule has 0 aliphatic carbocycles. The van der Waals surface area contributed by atoms with Crippen LogP contribution in [0.2, 0.25) is 0 Å². The van der Waals surface area contributed by atoms with Crippen molar-refractivity contribution in [1.82, 2.24) is 0 Å². The molecule has 3 heteroatoms. The highest BCUT2D eigenvalue weighted by Gasteiger charge is 2.11. The molecule has 0 spiro atoms. The Bertz CT molecular complexity index is 299. The lowest BCUT2D eigenvalue weighted by Gasteiger charge is -2.17. The third-order valence-corrected chi connectivity index (χ3v) is 2.12. The van der Waals surface area contributed by atoms with E-state index in [1.165, 1.54) is 0 Å². The zero-order valence-corrected chi connectivity index (χ0v) is 9.31. The third kappa shape index (κ3) is 3.53. The van der Waals surface area contributed by atoms with Gasteiger partial charge in [0, 0.05) is 18.2 Å². The van der Waals surface area contributed by atoms with Gasteiger partial charge in [-0.3, -0.25) is 0 Å². The van der Waals surface area contributed by atoms with Crippen molar-refractivity contribution in [2.24, 2.45) is 5.73 Å². The van der Waals surface area contributed by atoms with Gasteiger partial charge in [0.2, 0.25) is 0 Å². The Morgan fingerprint density at radius 1 is 1.33 bits per heavy atom. The molecule has 0 aliphatic heterocycles. The number of hydrogen-bond acceptors (Lipinski definition) is 3. The maximum Gasteiger partial charge on any atom is 0.124 e. The van der Waals surface area contributed by atoms with Gasteiger partial charge in [-0.1, -0.05) is 18.2 Å². The Balaban J connectivity index is 2.85. The average molecular weight is 209 g/mol. The number of nitrogens with two attached hydrogens (primary N) is 1. The minimum atomic E-state index is -0.162. The summed E-state index contributed by atoms with van der Waals surface area (Å²) in [6, 6.07) is 7.54. The van der Waals surface area contributed by atoms with Gasteiger partial charge in [0.15, 0.2) is 0 Å². The van der Waals surface area contributed by atoms with Crippen LogP contribution >= 0.6 is 0 Å². The van der Waals surface area contributed by atoms with Crippen LogP contribution in [0.3, 0.4) is 0 Å². The van der Waals surface area contributed by atoms with E-state index >= 15 is 0 Å². The number of aliphatic hydroxyl groups is 1.